The van der Waals surface area contributed by atoms with Crippen LogP contribution in [0.2, 0.25) is 0 Å². The minimum absolute atomic E-state index is 0.0192. The van der Waals surface area contributed by atoms with E-state index in [-0.39, 0.29) is 11.5 Å². The molecule has 2 heterocycles. The first-order valence-corrected chi connectivity index (χ1v) is 4.31. The molecule has 0 fully saturated rings. The third kappa shape index (κ3) is 1.92. The van der Waals surface area contributed by atoms with Gasteiger partial charge in [0.2, 0.25) is 5.95 Å². The van der Waals surface area contributed by atoms with Gasteiger partial charge in [-0.05, 0) is 6.07 Å². The van der Waals surface area contributed by atoms with Crippen molar-refractivity contribution in [2.45, 2.75) is 0 Å². The lowest BCUT2D eigenvalue weighted by Gasteiger charge is -1.99. The van der Waals surface area contributed by atoms with E-state index < -0.39 is 5.97 Å². The Bertz CT molecular complexity index is 526. The summed E-state index contributed by atoms with van der Waals surface area (Å²) >= 11 is 0. The van der Waals surface area contributed by atoms with E-state index >= 15 is 0 Å². The van der Waals surface area contributed by atoms with Crippen molar-refractivity contribution < 1.29 is 9.90 Å². The molecule has 0 aliphatic carbocycles. The van der Waals surface area contributed by atoms with Crippen LogP contribution < -0.4 is 5.73 Å². The summed E-state index contributed by atoms with van der Waals surface area (Å²) in [4.78, 5) is 26.0. The second kappa shape index (κ2) is 3.89. The van der Waals surface area contributed by atoms with Crippen LogP contribution in [0.15, 0.2) is 24.7 Å². The van der Waals surface area contributed by atoms with Gasteiger partial charge < -0.3 is 10.8 Å². The predicted octanol–water partition coefficient (Wildman–Crippen LogP) is 0.214. The van der Waals surface area contributed by atoms with E-state index in [9.17, 15) is 4.79 Å². The van der Waals surface area contributed by atoms with Crippen molar-refractivity contribution in [3.05, 3.63) is 30.2 Å². The zero-order chi connectivity index (χ0) is 11.5. The second-order valence-electron chi connectivity index (χ2n) is 2.90. The number of aromatic nitrogens is 4. The van der Waals surface area contributed by atoms with Gasteiger partial charge in [0.05, 0.1) is 5.56 Å². The van der Waals surface area contributed by atoms with Crippen molar-refractivity contribution in [3.63, 3.8) is 0 Å². The quantitative estimate of drug-likeness (QED) is 0.738. The molecule has 0 radical (unpaired) electrons. The van der Waals surface area contributed by atoms with E-state index in [2.05, 4.69) is 19.9 Å². The summed E-state index contributed by atoms with van der Waals surface area (Å²) in [6.07, 6.45) is 3.90. The highest BCUT2D eigenvalue weighted by atomic mass is 16.4. The number of nitrogen functional groups attached to an aromatic ring is 1. The summed E-state index contributed by atoms with van der Waals surface area (Å²) in [5, 5.41) is 8.66. The van der Waals surface area contributed by atoms with Crippen LogP contribution in [0.3, 0.4) is 0 Å². The molecule has 0 atom stereocenters. The van der Waals surface area contributed by atoms with Gasteiger partial charge in [0.25, 0.3) is 0 Å². The molecule has 2 rings (SSSR count). The maximum absolute atomic E-state index is 10.6. The van der Waals surface area contributed by atoms with Crippen LogP contribution in [0.25, 0.3) is 11.5 Å². The highest BCUT2D eigenvalue weighted by molar-refractivity contribution is 5.86. The molecule has 7 nitrogen and oxygen atoms in total. The minimum Gasteiger partial charge on any atom is -0.478 e. The van der Waals surface area contributed by atoms with E-state index in [1.54, 1.807) is 6.07 Å². The molecule has 2 aromatic rings. The smallest absolute Gasteiger partial charge is 0.338 e. The fourth-order valence-corrected chi connectivity index (χ4v) is 1.07. The maximum Gasteiger partial charge on any atom is 0.338 e. The molecular weight excluding hydrogens is 210 g/mol. The Morgan fingerprint density at radius 1 is 1.25 bits per heavy atom. The van der Waals surface area contributed by atoms with Crippen molar-refractivity contribution >= 4 is 11.9 Å². The number of nitrogens with two attached hydrogens (primary N) is 1. The first-order valence-electron chi connectivity index (χ1n) is 4.31. The normalized spacial score (nSPS) is 10.0. The lowest BCUT2D eigenvalue weighted by Crippen LogP contribution is -2.01. The second-order valence-corrected chi connectivity index (χ2v) is 2.90. The van der Waals surface area contributed by atoms with Crippen molar-refractivity contribution in [2.24, 2.45) is 0 Å². The maximum atomic E-state index is 10.6. The number of aromatic carboxylic acids is 1. The first-order chi connectivity index (χ1) is 7.66. The Morgan fingerprint density at radius 3 is 2.50 bits per heavy atom. The largest absolute Gasteiger partial charge is 0.478 e. The Hall–Kier alpha value is -2.57. The van der Waals surface area contributed by atoms with E-state index in [1.807, 2.05) is 0 Å². The molecule has 0 aromatic carbocycles. The van der Waals surface area contributed by atoms with Crippen LogP contribution in [-0.4, -0.2) is 31.0 Å². The molecule has 2 aromatic heterocycles. The van der Waals surface area contributed by atoms with Gasteiger partial charge in [-0.2, -0.15) is 0 Å². The van der Waals surface area contributed by atoms with Crippen LogP contribution in [-0.2, 0) is 0 Å². The van der Waals surface area contributed by atoms with Crippen molar-refractivity contribution in [3.8, 4) is 11.5 Å². The van der Waals surface area contributed by atoms with E-state index in [4.69, 9.17) is 10.8 Å². The zero-order valence-corrected chi connectivity index (χ0v) is 8.03. The zero-order valence-electron chi connectivity index (χ0n) is 8.03. The SMILES string of the molecule is Nc1nccc(-c2ncc(C(=O)O)cn2)n1. The summed E-state index contributed by atoms with van der Waals surface area (Å²) in [6.45, 7) is 0. The van der Waals surface area contributed by atoms with Gasteiger partial charge >= 0.3 is 5.97 Å². The Kier molecular flexibility index (Phi) is 2.42. The van der Waals surface area contributed by atoms with Crippen LogP contribution in [0.5, 0.6) is 0 Å². The van der Waals surface area contributed by atoms with Crippen LogP contribution in [0, 0.1) is 0 Å². The number of carboxylic acid groups (broad SMARTS) is 1. The fraction of sp³-hybridized carbons (Fsp3) is 0. The molecule has 0 bridgehead atoms. The number of anilines is 1. The minimum atomic E-state index is -1.08. The predicted molar refractivity (Wildman–Crippen MR) is 54.4 cm³/mol. The molecule has 3 N–H and O–H groups in total. The average Bonchev–Trinajstić information content (AvgIpc) is 2.29. The molecule has 0 unspecified atom stereocenters. The van der Waals surface area contributed by atoms with Crippen LogP contribution in [0.1, 0.15) is 10.4 Å². The third-order valence-corrected chi connectivity index (χ3v) is 1.80. The number of rotatable bonds is 2. The summed E-state index contributed by atoms with van der Waals surface area (Å²) in [5.74, 6) is -0.656. The lowest BCUT2D eigenvalue weighted by molar-refractivity contribution is 0.0696. The van der Waals surface area contributed by atoms with Gasteiger partial charge in [-0.1, -0.05) is 0 Å². The molecule has 0 saturated carbocycles. The van der Waals surface area contributed by atoms with Gasteiger partial charge in [0.15, 0.2) is 5.82 Å². The monoisotopic (exact) mass is 217 g/mol. The molecule has 16 heavy (non-hydrogen) atoms. The fourth-order valence-electron chi connectivity index (χ4n) is 1.07. The Labute approximate surface area is 90.0 Å². The molecule has 0 saturated heterocycles. The molecule has 80 valence electrons. The standard InChI is InChI=1S/C9H7N5O2/c10-9-11-2-1-6(14-9)7-12-3-5(4-13-7)8(15)16/h1-4H,(H,15,16)(H2,10,11,14). The Morgan fingerprint density at radius 2 is 1.94 bits per heavy atom. The van der Waals surface area contributed by atoms with Crippen molar-refractivity contribution in [1.29, 1.82) is 0 Å². The number of hydrogen-bond acceptors (Lipinski definition) is 6. The molecule has 0 spiro atoms. The van der Waals surface area contributed by atoms with E-state index in [1.165, 1.54) is 18.6 Å². The number of nitrogens with zero attached hydrogens (tertiary/aromatic N) is 4. The van der Waals surface area contributed by atoms with Crippen LogP contribution >= 0.6 is 0 Å². The molecular formula is C9H7N5O2. The summed E-state index contributed by atoms with van der Waals surface area (Å²) < 4.78 is 0. The number of hydrogen-bond donors (Lipinski definition) is 2. The lowest BCUT2D eigenvalue weighted by atomic mass is 10.3. The van der Waals surface area contributed by atoms with Gasteiger partial charge in [-0.3, -0.25) is 0 Å². The van der Waals surface area contributed by atoms with Crippen molar-refractivity contribution in [1.82, 2.24) is 19.9 Å². The van der Waals surface area contributed by atoms with Crippen molar-refractivity contribution in [2.75, 3.05) is 5.73 Å². The molecule has 0 aliphatic rings. The number of carbonyl (C=O) groups is 1. The topological polar surface area (TPSA) is 115 Å². The Balaban J connectivity index is 2.38. The third-order valence-electron chi connectivity index (χ3n) is 1.80. The summed E-state index contributed by atoms with van der Waals surface area (Å²) in [5.41, 5.74) is 5.87. The first kappa shape index (κ1) is 9.97. The highest BCUT2D eigenvalue weighted by Crippen LogP contribution is 2.11. The molecule has 0 aliphatic heterocycles. The van der Waals surface area contributed by atoms with Gasteiger partial charge in [0, 0.05) is 18.6 Å². The van der Waals surface area contributed by atoms with E-state index in [0.29, 0.717) is 11.5 Å². The highest BCUT2D eigenvalue weighted by Gasteiger charge is 2.07. The van der Waals surface area contributed by atoms with Gasteiger partial charge in [-0.15, -0.1) is 0 Å². The summed E-state index contributed by atoms with van der Waals surface area (Å²) in [6, 6.07) is 1.59. The average molecular weight is 217 g/mol. The molecule has 7 heteroatoms. The van der Waals surface area contributed by atoms with Gasteiger partial charge in [-0.25, -0.2) is 24.7 Å². The van der Waals surface area contributed by atoms with E-state index in [0.717, 1.165) is 0 Å². The number of carboxylic acids is 1. The summed E-state index contributed by atoms with van der Waals surface area (Å²) in [7, 11) is 0. The molecule has 0 amide bonds. The van der Waals surface area contributed by atoms with Gasteiger partial charge in [0.1, 0.15) is 5.69 Å². The van der Waals surface area contributed by atoms with Crippen LogP contribution in [0.4, 0.5) is 5.95 Å².